The summed E-state index contributed by atoms with van der Waals surface area (Å²) in [5.41, 5.74) is 0.337. The van der Waals surface area contributed by atoms with E-state index in [-0.39, 0.29) is 0 Å². The van der Waals surface area contributed by atoms with Gasteiger partial charge in [-0.25, -0.2) is 19.4 Å². The Labute approximate surface area is 75.0 Å². The molecule has 0 N–H and O–H groups in total. The Morgan fingerprint density at radius 2 is 1.85 bits per heavy atom. The summed E-state index contributed by atoms with van der Waals surface area (Å²) in [5.74, 6) is -1.35. The zero-order valence-electron chi connectivity index (χ0n) is 7.02. The molecule has 0 atom stereocenters. The highest BCUT2D eigenvalue weighted by atomic mass is 19.1. The van der Waals surface area contributed by atoms with Gasteiger partial charge in [0.1, 0.15) is 0 Å². The van der Waals surface area contributed by atoms with Crippen molar-refractivity contribution in [3.8, 4) is 0 Å². The van der Waals surface area contributed by atoms with Crippen molar-refractivity contribution < 1.29 is 19.4 Å². The number of benzene rings is 1. The van der Waals surface area contributed by atoms with Gasteiger partial charge >= 0.3 is 11.9 Å². The molecule has 0 aromatic heterocycles. The first-order valence-corrected chi connectivity index (χ1v) is 3.64. The SMILES string of the molecule is CC(=O)[18O][18O]C(=[18O])c1ccccc1. The highest BCUT2D eigenvalue weighted by Gasteiger charge is 2.08. The summed E-state index contributed by atoms with van der Waals surface area (Å²) in [6, 6.07) is 8.26. The maximum absolute atomic E-state index is 11.0. The molecule has 68 valence electrons. The van der Waals surface area contributed by atoms with Crippen molar-refractivity contribution in [1.82, 2.24) is 0 Å². The quantitative estimate of drug-likeness (QED) is 0.377. The van der Waals surface area contributed by atoms with Crippen LogP contribution in [0.3, 0.4) is 0 Å². The molecule has 0 fully saturated rings. The zero-order chi connectivity index (χ0) is 9.68. The van der Waals surface area contributed by atoms with E-state index in [1.54, 1.807) is 30.3 Å². The maximum Gasteiger partial charge on any atom is 0.386 e. The Hall–Kier alpha value is -1.84. The van der Waals surface area contributed by atoms with E-state index in [1.165, 1.54) is 0 Å². The number of hydrogen-bond acceptors (Lipinski definition) is 4. The summed E-state index contributed by atoms with van der Waals surface area (Å²) >= 11 is 0. The normalized spacial score (nSPS) is 9.00. The van der Waals surface area contributed by atoms with Crippen LogP contribution in [0.2, 0.25) is 0 Å². The molecule has 0 radical (unpaired) electrons. The predicted molar refractivity (Wildman–Crippen MR) is 43.6 cm³/mol. The van der Waals surface area contributed by atoms with E-state index in [2.05, 4.69) is 9.78 Å². The van der Waals surface area contributed by atoms with Crippen LogP contribution < -0.4 is 0 Å². The molecule has 4 heteroatoms. The first kappa shape index (κ1) is 9.25. The summed E-state index contributed by atoms with van der Waals surface area (Å²) in [5, 5.41) is 0. The standard InChI is InChI=1S/C9H8O4/c1-7(10)12-13-9(11)8-5-3-2-4-6-8/h2-6H,1H3/i11+2,12+2,13+2. The fourth-order valence-electron chi connectivity index (χ4n) is 0.719. The second-order valence-electron chi connectivity index (χ2n) is 2.31. The second kappa shape index (κ2) is 4.25. The summed E-state index contributed by atoms with van der Waals surface area (Å²) in [4.78, 5) is 29.6. The Kier molecular flexibility index (Phi) is 3.03. The average Bonchev–Trinajstić information content (AvgIpc) is 2.15. The molecule has 1 aromatic rings. The molecule has 0 heterocycles. The minimum absolute atomic E-state index is 0.337. The van der Waals surface area contributed by atoms with E-state index in [1.807, 2.05) is 0 Å². The molecule has 0 spiro atoms. The Morgan fingerprint density at radius 3 is 2.38 bits per heavy atom. The van der Waals surface area contributed by atoms with E-state index in [4.69, 9.17) is 0 Å². The van der Waals surface area contributed by atoms with Gasteiger partial charge in [-0.15, -0.1) is 0 Å². The van der Waals surface area contributed by atoms with Gasteiger partial charge in [0.05, 0.1) is 5.56 Å². The zero-order valence-corrected chi connectivity index (χ0v) is 7.02. The Bertz CT molecular complexity index is 305. The molecule has 0 aliphatic rings. The van der Waals surface area contributed by atoms with Gasteiger partial charge in [-0.05, 0) is 12.1 Å². The first-order valence-electron chi connectivity index (χ1n) is 3.64. The van der Waals surface area contributed by atoms with E-state index in [0.717, 1.165) is 6.92 Å². The predicted octanol–water partition coefficient (Wildman–Crippen LogP) is 1.32. The second-order valence-corrected chi connectivity index (χ2v) is 2.31. The van der Waals surface area contributed by atoms with Crippen LogP contribution in [-0.4, -0.2) is 11.9 Å². The lowest BCUT2D eigenvalue weighted by molar-refractivity contribution is -0.231. The monoisotopic (exact) mass is 186 g/mol. The van der Waals surface area contributed by atoms with Crippen molar-refractivity contribution in [3.63, 3.8) is 0 Å². The van der Waals surface area contributed by atoms with Crippen LogP contribution in [0.1, 0.15) is 17.3 Å². The molecule has 0 aliphatic heterocycles. The van der Waals surface area contributed by atoms with Crippen LogP contribution in [0.25, 0.3) is 0 Å². The molecule has 1 rings (SSSR count). The van der Waals surface area contributed by atoms with Crippen LogP contribution in [0.5, 0.6) is 0 Å². The Morgan fingerprint density at radius 1 is 1.23 bits per heavy atom. The highest BCUT2D eigenvalue weighted by molar-refractivity contribution is 5.89. The molecule has 0 unspecified atom stereocenters. The molecule has 0 amide bonds. The third-order valence-corrected chi connectivity index (χ3v) is 1.24. The van der Waals surface area contributed by atoms with Gasteiger partial charge in [0.15, 0.2) is 0 Å². The Balaban J connectivity index is 2.54. The average molecular weight is 186 g/mol. The van der Waals surface area contributed by atoms with E-state index in [0.29, 0.717) is 5.56 Å². The van der Waals surface area contributed by atoms with Crippen LogP contribution in [-0.2, 0) is 14.6 Å². The van der Waals surface area contributed by atoms with E-state index in [9.17, 15) is 9.59 Å². The fourth-order valence-corrected chi connectivity index (χ4v) is 0.719. The summed E-state index contributed by atoms with van der Waals surface area (Å²) < 4.78 is 0. The van der Waals surface area contributed by atoms with Gasteiger partial charge < -0.3 is 0 Å². The topological polar surface area (TPSA) is 52.6 Å². The summed E-state index contributed by atoms with van der Waals surface area (Å²) in [6.07, 6.45) is 0. The van der Waals surface area contributed by atoms with Crippen molar-refractivity contribution in [1.29, 1.82) is 0 Å². The van der Waals surface area contributed by atoms with Gasteiger partial charge in [-0.1, -0.05) is 18.2 Å². The minimum Gasteiger partial charge on any atom is -0.248 e. The van der Waals surface area contributed by atoms with E-state index >= 15 is 0 Å². The van der Waals surface area contributed by atoms with Gasteiger partial charge in [0.25, 0.3) is 0 Å². The van der Waals surface area contributed by atoms with E-state index < -0.39 is 11.9 Å². The first-order chi connectivity index (χ1) is 6.20. The van der Waals surface area contributed by atoms with Crippen molar-refractivity contribution in [3.05, 3.63) is 35.9 Å². The van der Waals surface area contributed by atoms with Crippen LogP contribution in [0.15, 0.2) is 30.3 Å². The highest BCUT2D eigenvalue weighted by Crippen LogP contribution is 2.00. The lowest BCUT2D eigenvalue weighted by Crippen LogP contribution is -2.08. The smallest absolute Gasteiger partial charge is 0.248 e. The molecule has 0 bridgehead atoms. The van der Waals surface area contributed by atoms with Crippen LogP contribution >= 0.6 is 0 Å². The molecule has 1 aromatic carbocycles. The molecular formula is C9H8O4. The fraction of sp³-hybridized carbons (Fsp3) is 0.111. The van der Waals surface area contributed by atoms with Crippen LogP contribution in [0.4, 0.5) is 0 Å². The van der Waals surface area contributed by atoms with Gasteiger partial charge in [0, 0.05) is 6.92 Å². The largest absolute Gasteiger partial charge is 0.386 e. The maximum atomic E-state index is 11.0. The lowest BCUT2D eigenvalue weighted by atomic mass is 10.2. The van der Waals surface area contributed by atoms with Crippen molar-refractivity contribution in [2.24, 2.45) is 0 Å². The third-order valence-electron chi connectivity index (χ3n) is 1.24. The molecule has 13 heavy (non-hydrogen) atoms. The van der Waals surface area contributed by atoms with Gasteiger partial charge in [-0.3, -0.25) is 0 Å². The minimum atomic E-state index is -0.684. The van der Waals surface area contributed by atoms with Gasteiger partial charge in [-0.2, -0.15) is 0 Å². The number of hydrogen-bond donors (Lipinski definition) is 0. The molecule has 0 saturated carbocycles. The lowest BCUT2D eigenvalue weighted by Gasteiger charge is -1.99. The summed E-state index contributed by atoms with van der Waals surface area (Å²) in [6.45, 7) is 1.15. The van der Waals surface area contributed by atoms with Crippen molar-refractivity contribution in [2.45, 2.75) is 6.92 Å². The number of carbonyl (C=O) groups is 2. The summed E-state index contributed by atoms with van der Waals surface area (Å²) in [7, 11) is 0. The third kappa shape index (κ3) is 2.94. The van der Waals surface area contributed by atoms with Crippen molar-refractivity contribution in [2.75, 3.05) is 0 Å². The number of carbonyl (C=O) groups excluding carboxylic acids is 2. The molecule has 4 nitrogen and oxygen atoms in total. The van der Waals surface area contributed by atoms with Crippen molar-refractivity contribution >= 4 is 11.9 Å². The molecular weight excluding hydrogens is 178 g/mol. The van der Waals surface area contributed by atoms with Gasteiger partial charge in [0.2, 0.25) is 0 Å². The van der Waals surface area contributed by atoms with Crippen LogP contribution in [0, 0.1) is 0 Å². The molecule has 0 aliphatic carbocycles. The molecule has 0 saturated heterocycles. The number of rotatable bonds is 1.